The molecule has 182 valence electrons. The maximum absolute atomic E-state index is 13.6. The Morgan fingerprint density at radius 2 is 2.06 bits per heavy atom. The molecule has 7 nitrogen and oxygen atoms in total. The molecule has 1 atom stereocenters. The standard InChI is InChI=1S/C28H34N6O/c1-20(2)34-18-23(28(35)26-8-4-5-9-27(26)34)17-33(16-22-10-11-29-21(3)13-22)24-7-6-12-32(19-24)25-14-30-31-15-25/h4-5,8-11,13-15,18,20,24H,6-7,12,16-17,19H2,1-3H3,(H,30,31)/t24-/m0/s1. The van der Waals surface area contributed by atoms with Crippen LogP contribution in [-0.2, 0) is 13.1 Å². The van der Waals surface area contributed by atoms with Crippen molar-refractivity contribution in [2.24, 2.45) is 0 Å². The molecule has 7 heteroatoms. The molecule has 0 spiro atoms. The van der Waals surface area contributed by atoms with Gasteiger partial charge in [-0.1, -0.05) is 12.1 Å². The fourth-order valence-corrected chi connectivity index (χ4v) is 5.27. The molecule has 0 amide bonds. The molecule has 35 heavy (non-hydrogen) atoms. The van der Waals surface area contributed by atoms with E-state index in [2.05, 4.69) is 61.7 Å². The van der Waals surface area contributed by atoms with Crippen LogP contribution in [-0.4, -0.2) is 43.8 Å². The summed E-state index contributed by atoms with van der Waals surface area (Å²) in [5, 5.41) is 7.88. The summed E-state index contributed by atoms with van der Waals surface area (Å²) in [6, 6.07) is 12.8. The molecule has 1 N–H and O–H groups in total. The van der Waals surface area contributed by atoms with E-state index in [0.717, 1.165) is 60.3 Å². The molecule has 1 saturated heterocycles. The number of hydrogen-bond acceptors (Lipinski definition) is 5. The third-order valence-corrected chi connectivity index (χ3v) is 7.05. The van der Waals surface area contributed by atoms with Crippen LogP contribution in [0.4, 0.5) is 5.69 Å². The second-order valence-corrected chi connectivity index (χ2v) is 9.91. The second-order valence-electron chi connectivity index (χ2n) is 9.91. The van der Waals surface area contributed by atoms with E-state index in [1.54, 1.807) is 0 Å². The first-order chi connectivity index (χ1) is 17.0. The van der Waals surface area contributed by atoms with Crippen molar-refractivity contribution in [2.75, 3.05) is 18.0 Å². The van der Waals surface area contributed by atoms with Gasteiger partial charge in [-0.15, -0.1) is 0 Å². The Morgan fingerprint density at radius 1 is 1.20 bits per heavy atom. The van der Waals surface area contributed by atoms with Gasteiger partial charge < -0.3 is 9.47 Å². The van der Waals surface area contributed by atoms with Crippen LogP contribution >= 0.6 is 0 Å². The summed E-state index contributed by atoms with van der Waals surface area (Å²) >= 11 is 0. The molecular formula is C28H34N6O. The van der Waals surface area contributed by atoms with Gasteiger partial charge in [0.05, 0.1) is 17.4 Å². The summed E-state index contributed by atoms with van der Waals surface area (Å²) in [4.78, 5) is 22.9. The van der Waals surface area contributed by atoms with E-state index >= 15 is 0 Å². The van der Waals surface area contributed by atoms with Gasteiger partial charge >= 0.3 is 0 Å². The molecular weight excluding hydrogens is 436 g/mol. The van der Waals surface area contributed by atoms with Gasteiger partial charge in [0.2, 0.25) is 0 Å². The predicted octanol–water partition coefficient (Wildman–Crippen LogP) is 4.68. The zero-order chi connectivity index (χ0) is 24.4. The zero-order valence-corrected chi connectivity index (χ0v) is 20.8. The number of fused-ring (bicyclic) bond motifs is 1. The highest BCUT2D eigenvalue weighted by Gasteiger charge is 2.27. The average Bonchev–Trinajstić information content (AvgIpc) is 3.40. The van der Waals surface area contributed by atoms with Gasteiger partial charge in [-0.3, -0.25) is 19.8 Å². The fraction of sp³-hybridized carbons (Fsp3) is 0.393. The van der Waals surface area contributed by atoms with Gasteiger partial charge in [0.1, 0.15) is 0 Å². The predicted molar refractivity (Wildman–Crippen MR) is 141 cm³/mol. The van der Waals surface area contributed by atoms with Crippen LogP contribution in [0.2, 0.25) is 0 Å². The summed E-state index contributed by atoms with van der Waals surface area (Å²) in [7, 11) is 0. The smallest absolute Gasteiger partial charge is 0.193 e. The lowest BCUT2D eigenvalue weighted by atomic mass is 10.0. The number of nitrogens with zero attached hydrogens (tertiary/aromatic N) is 5. The molecule has 0 bridgehead atoms. The van der Waals surface area contributed by atoms with Crippen molar-refractivity contribution in [3.8, 4) is 0 Å². The van der Waals surface area contributed by atoms with Crippen molar-refractivity contribution in [3.05, 3.63) is 88.2 Å². The minimum Gasteiger partial charge on any atom is -0.367 e. The number of pyridine rings is 2. The zero-order valence-electron chi connectivity index (χ0n) is 20.8. The lowest BCUT2D eigenvalue weighted by Crippen LogP contribution is -2.48. The number of para-hydroxylation sites is 1. The number of hydrogen-bond donors (Lipinski definition) is 1. The highest BCUT2D eigenvalue weighted by atomic mass is 16.1. The van der Waals surface area contributed by atoms with Crippen LogP contribution in [0.3, 0.4) is 0 Å². The van der Waals surface area contributed by atoms with Crippen molar-refractivity contribution in [1.29, 1.82) is 0 Å². The van der Waals surface area contributed by atoms with E-state index < -0.39 is 0 Å². The lowest BCUT2D eigenvalue weighted by Gasteiger charge is -2.40. The first-order valence-electron chi connectivity index (χ1n) is 12.5. The summed E-state index contributed by atoms with van der Waals surface area (Å²) in [6.07, 6.45) is 10.0. The summed E-state index contributed by atoms with van der Waals surface area (Å²) < 4.78 is 2.24. The van der Waals surface area contributed by atoms with E-state index in [0.29, 0.717) is 12.6 Å². The molecule has 0 unspecified atom stereocenters. The summed E-state index contributed by atoms with van der Waals surface area (Å²) in [5.41, 5.74) is 5.35. The molecule has 4 aromatic rings. The number of aromatic amines is 1. The number of rotatable bonds is 7. The molecule has 0 aliphatic carbocycles. The van der Waals surface area contributed by atoms with E-state index in [9.17, 15) is 4.79 Å². The third kappa shape index (κ3) is 5.00. The van der Waals surface area contributed by atoms with Crippen LogP contribution in [0.1, 0.15) is 49.6 Å². The normalized spacial score (nSPS) is 16.5. The molecule has 1 aromatic carbocycles. The number of piperidine rings is 1. The number of aromatic nitrogens is 4. The van der Waals surface area contributed by atoms with E-state index in [1.165, 1.54) is 5.56 Å². The van der Waals surface area contributed by atoms with Gasteiger partial charge in [-0.05, 0) is 63.4 Å². The highest BCUT2D eigenvalue weighted by Crippen LogP contribution is 2.25. The topological polar surface area (TPSA) is 70.1 Å². The van der Waals surface area contributed by atoms with Gasteiger partial charge in [0.25, 0.3) is 0 Å². The second kappa shape index (κ2) is 10.0. The van der Waals surface area contributed by atoms with Crippen molar-refractivity contribution in [3.63, 3.8) is 0 Å². The minimum absolute atomic E-state index is 0.135. The number of aryl methyl sites for hydroxylation is 1. The number of anilines is 1. The monoisotopic (exact) mass is 470 g/mol. The average molecular weight is 471 g/mol. The largest absolute Gasteiger partial charge is 0.367 e. The summed E-state index contributed by atoms with van der Waals surface area (Å²) in [6.45, 7) is 9.69. The van der Waals surface area contributed by atoms with E-state index in [1.807, 2.05) is 49.8 Å². The van der Waals surface area contributed by atoms with Crippen molar-refractivity contribution < 1.29 is 0 Å². The van der Waals surface area contributed by atoms with Crippen LogP contribution < -0.4 is 10.3 Å². The third-order valence-electron chi connectivity index (χ3n) is 7.05. The van der Waals surface area contributed by atoms with Gasteiger partial charge in [-0.25, -0.2) is 0 Å². The van der Waals surface area contributed by atoms with Gasteiger partial charge in [0.15, 0.2) is 5.43 Å². The Bertz CT molecular complexity index is 1340. The molecule has 0 radical (unpaired) electrons. The first kappa shape index (κ1) is 23.3. The number of H-pyrrole nitrogens is 1. The molecule has 1 aliphatic rings. The van der Waals surface area contributed by atoms with Crippen LogP contribution in [0.25, 0.3) is 10.9 Å². The quantitative estimate of drug-likeness (QED) is 0.425. The molecule has 0 saturated carbocycles. The highest BCUT2D eigenvalue weighted by molar-refractivity contribution is 5.79. The summed E-state index contributed by atoms with van der Waals surface area (Å²) in [5.74, 6) is 0. The first-order valence-corrected chi connectivity index (χ1v) is 12.5. The maximum Gasteiger partial charge on any atom is 0.193 e. The number of nitrogens with one attached hydrogen (secondary N) is 1. The molecule has 4 heterocycles. The number of benzene rings is 1. The Morgan fingerprint density at radius 3 is 2.83 bits per heavy atom. The van der Waals surface area contributed by atoms with Crippen LogP contribution in [0.15, 0.2) is 66.0 Å². The molecule has 3 aromatic heterocycles. The van der Waals surface area contributed by atoms with Crippen molar-refractivity contribution in [1.82, 2.24) is 24.6 Å². The SMILES string of the molecule is Cc1cc(CN(Cc2cn(C(C)C)c3ccccc3c2=O)[C@H]2CCCN(c3cn[nH]c3)C2)ccn1. The van der Waals surface area contributed by atoms with E-state index in [4.69, 9.17) is 0 Å². The lowest BCUT2D eigenvalue weighted by molar-refractivity contribution is 0.158. The van der Waals surface area contributed by atoms with Crippen molar-refractivity contribution >= 4 is 16.6 Å². The minimum atomic E-state index is 0.135. The van der Waals surface area contributed by atoms with Crippen molar-refractivity contribution in [2.45, 2.75) is 58.8 Å². The Hall–Kier alpha value is -3.45. The maximum atomic E-state index is 13.6. The fourth-order valence-electron chi connectivity index (χ4n) is 5.27. The Kier molecular flexibility index (Phi) is 6.68. The molecule has 1 fully saturated rings. The van der Waals surface area contributed by atoms with Crippen LogP contribution in [0.5, 0.6) is 0 Å². The Balaban J connectivity index is 1.51. The van der Waals surface area contributed by atoms with Crippen LogP contribution in [0, 0.1) is 6.92 Å². The van der Waals surface area contributed by atoms with E-state index in [-0.39, 0.29) is 11.5 Å². The van der Waals surface area contributed by atoms with Gasteiger partial charge in [-0.2, -0.15) is 5.10 Å². The Labute approximate surface area is 206 Å². The molecule has 5 rings (SSSR count). The molecule has 1 aliphatic heterocycles. The van der Waals surface area contributed by atoms with Gasteiger partial charge in [0, 0.05) is 73.5 Å².